The Kier molecular flexibility index (Phi) is 5.44. The van der Waals surface area contributed by atoms with Gasteiger partial charge in [-0.3, -0.25) is 14.9 Å². The maximum Gasteiger partial charge on any atom is 0.269 e. The predicted molar refractivity (Wildman–Crippen MR) is 112 cm³/mol. The zero-order valence-electron chi connectivity index (χ0n) is 16.4. The number of nitro groups is 1. The average Bonchev–Trinajstić information content (AvgIpc) is 3.14. The van der Waals surface area contributed by atoms with Crippen molar-refractivity contribution in [2.75, 3.05) is 36.5 Å². The van der Waals surface area contributed by atoms with E-state index >= 15 is 0 Å². The number of ether oxygens (including phenoxy) is 1. The van der Waals surface area contributed by atoms with Crippen LogP contribution in [-0.4, -0.2) is 46.9 Å². The third-order valence-corrected chi connectivity index (χ3v) is 4.88. The number of anilines is 2. The molecule has 9 heteroatoms. The van der Waals surface area contributed by atoms with Crippen molar-refractivity contribution < 1.29 is 14.5 Å². The number of carbonyl (C=O) groups excluding carboxylic acids is 1. The van der Waals surface area contributed by atoms with Crippen LogP contribution in [0.25, 0.3) is 5.69 Å². The molecule has 1 aliphatic heterocycles. The maximum atomic E-state index is 12.8. The summed E-state index contributed by atoms with van der Waals surface area (Å²) < 4.78 is 6.92. The molecule has 0 radical (unpaired) electrons. The van der Waals surface area contributed by atoms with E-state index in [9.17, 15) is 14.9 Å². The molecule has 1 amide bonds. The second kappa shape index (κ2) is 8.34. The minimum Gasteiger partial charge on any atom is -0.378 e. The molecule has 0 aliphatic carbocycles. The van der Waals surface area contributed by atoms with E-state index < -0.39 is 4.92 Å². The first-order valence-corrected chi connectivity index (χ1v) is 9.57. The lowest BCUT2D eigenvalue weighted by Gasteiger charge is -2.28. The van der Waals surface area contributed by atoms with E-state index in [0.717, 1.165) is 18.8 Å². The lowest BCUT2D eigenvalue weighted by atomic mass is 10.1. The zero-order chi connectivity index (χ0) is 21.1. The number of non-ortho nitro benzene ring substituents is 1. The fourth-order valence-electron chi connectivity index (χ4n) is 3.33. The van der Waals surface area contributed by atoms with Gasteiger partial charge in [-0.2, -0.15) is 5.10 Å². The molecular weight excluding hydrogens is 386 g/mol. The predicted octanol–water partition coefficient (Wildman–Crippen LogP) is 3.18. The summed E-state index contributed by atoms with van der Waals surface area (Å²) in [6, 6.07) is 15.2. The van der Waals surface area contributed by atoms with E-state index in [-0.39, 0.29) is 11.6 Å². The van der Waals surface area contributed by atoms with Crippen molar-refractivity contribution in [1.82, 2.24) is 9.78 Å². The normalized spacial score (nSPS) is 13.8. The number of nitrogens with one attached hydrogen (secondary N) is 1. The lowest BCUT2D eigenvalue weighted by molar-refractivity contribution is -0.384. The van der Waals surface area contributed by atoms with Gasteiger partial charge in [0.2, 0.25) is 0 Å². The third kappa shape index (κ3) is 4.15. The quantitative estimate of drug-likeness (QED) is 0.515. The Morgan fingerprint density at radius 1 is 1.07 bits per heavy atom. The lowest BCUT2D eigenvalue weighted by Crippen LogP contribution is -2.36. The SMILES string of the molecule is Cc1cc(NC(=O)c2ccc(N3CCOCC3)cc2)n(-c2ccc([N+](=O)[O-])cc2)n1. The molecule has 9 nitrogen and oxygen atoms in total. The summed E-state index contributed by atoms with van der Waals surface area (Å²) in [5, 5.41) is 18.1. The largest absolute Gasteiger partial charge is 0.378 e. The van der Waals surface area contributed by atoms with E-state index in [2.05, 4.69) is 15.3 Å². The Hall–Kier alpha value is -3.72. The highest BCUT2D eigenvalue weighted by Gasteiger charge is 2.15. The van der Waals surface area contributed by atoms with Crippen LogP contribution in [0.15, 0.2) is 54.6 Å². The fourth-order valence-corrected chi connectivity index (χ4v) is 3.33. The highest BCUT2D eigenvalue weighted by atomic mass is 16.6. The number of benzene rings is 2. The van der Waals surface area contributed by atoms with Crippen LogP contribution in [0.1, 0.15) is 16.1 Å². The molecule has 2 heterocycles. The summed E-state index contributed by atoms with van der Waals surface area (Å²) in [5.41, 5.74) is 2.91. The molecule has 0 spiro atoms. The van der Waals surface area contributed by atoms with Gasteiger partial charge >= 0.3 is 0 Å². The number of hydrogen-bond acceptors (Lipinski definition) is 6. The first kappa shape index (κ1) is 19.6. The molecule has 0 unspecified atom stereocenters. The van der Waals surface area contributed by atoms with Gasteiger partial charge in [0, 0.05) is 42.5 Å². The summed E-state index contributed by atoms with van der Waals surface area (Å²) in [5.74, 6) is 0.232. The Balaban J connectivity index is 1.51. The van der Waals surface area contributed by atoms with E-state index in [0.29, 0.717) is 36.0 Å². The summed E-state index contributed by atoms with van der Waals surface area (Å²) in [6.07, 6.45) is 0. The molecule has 1 fully saturated rings. The Bertz CT molecular complexity index is 1050. The first-order valence-electron chi connectivity index (χ1n) is 9.57. The van der Waals surface area contributed by atoms with Gasteiger partial charge in [0.15, 0.2) is 0 Å². The molecule has 0 bridgehead atoms. The van der Waals surface area contributed by atoms with Crippen LogP contribution in [0.2, 0.25) is 0 Å². The second-order valence-corrected chi connectivity index (χ2v) is 6.96. The molecule has 1 saturated heterocycles. The van der Waals surface area contributed by atoms with E-state index in [4.69, 9.17) is 4.74 Å². The van der Waals surface area contributed by atoms with E-state index in [1.54, 1.807) is 35.0 Å². The second-order valence-electron chi connectivity index (χ2n) is 6.96. The molecule has 2 aromatic carbocycles. The molecule has 1 aromatic heterocycles. The maximum absolute atomic E-state index is 12.8. The molecule has 1 aliphatic rings. The van der Waals surface area contributed by atoms with Gasteiger partial charge in [0.25, 0.3) is 11.6 Å². The van der Waals surface area contributed by atoms with Crippen molar-refractivity contribution in [2.45, 2.75) is 6.92 Å². The van der Waals surface area contributed by atoms with Crippen LogP contribution in [0.3, 0.4) is 0 Å². The highest BCUT2D eigenvalue weighted by molar-refractivity contribution is 6.04. The van der Waals surface area contributed by atoms with Crippen LogP contribution in [-0.2, 0) is 4.74 Å². The Labute approximate surface area is 173 Å². The number of nitro benzene ring substituents is 1. The number of aromatic nitrogens is 2. The number of amides is 1. The Morgan fingerprint density at radius 3 is 2.33 bits per heavy atom. The minimum atomic E-state index is -0.457. The highest BCUT2D eigenvalue weighted by Crippen LogP contribution is 2.22. The van der Waals surface area contributed by atoms with Crippen LogP contribution in [0.4, 0.5) is 17.2 Å². The first-order chi connectivity index (χ1) is 14.5. The van der Waals surface area contributed by atoms with Gasteiger partial charge in [-0.25, -0.2) is 4.68 Å². The topological polar surface area (TPSA) is 103 Å². The van der Waals surface area contributed by atoms with Crippen LogP contribution >= 0.6 is 0 Å². The third-order valence-electron chi connectivity index (χ3n) is 4.88. The summed E-state index contributed by atoms with van der Waals surface area (Å²) in [4.78, 5) is 25.4. The summed E-state index contributed by atoms with van der Waals surface area (Å²) in [6.45, 7) is 4.88. The van der Waals surface area contributed by atoms with Crippen LogP contribution < -0.4 is 10.2 Å². The molecule has 154 valence electrons. The zero-order valence-corrected chi connectivity index (χ0v) is 16.4. The van der Waals surface area contributed by atoms with Gasteiger partial charge < -0.3 is 15.0 Å². The molecule has 0 saturated carbocycles. The molecule has 1 N–H and O–H groups in total. The number of hydrogen-bond donors (Lipinski definition) is 1. The van der Waals surface area contributed by atoms with Crippen molar-refractivity contribution >= 4 is 23.1 Å². The van der Waals surface area contributed by atoms with Gasteiger partial charge in [-0.15, -0.1) is 0 Å². The smallest absolute Gasteiger partial charge is 0.269 e. The minimum absolute atomic E-state index is 0.00595. The number of nitrogens with zero attached hydrogens (tertiary/aromatic N) is 4. The molecular formula is C21H21N5O4. The summed E-state index contributed by atoms with van der Waals surface area (Å²) >= 11 is 0. The molecule has 0 atom stereocenters. The molecule has 4 rings (SSSR count). The van der Waals surface area contributed by atoms with Gasteiger partial charge in [-0.05, 0) is 43.3 Å². The summed E-state index contributed by atoms with van der Waals surface area (Å²) in [7, 11) is 0. The van der Waals surface area contributed by atoms with Crippen molar-refractivity contribution in [1.29, 1.82) is 0 Å². The van der Waals surface area contributed by atoms with E-state index in [1.165, 1.54) is 12.1 Å². The van der Waals surface area contributed by atoms with Crippen LogP contribution in [0, 0.1) is 17.0 Å². The van der Waals surface area contributed by atoms with E-state index in [1.807, 2.05) is 19.1 Å². The number of carbonyl (C=O) groups is 1. The standard InChI is InChI=1S/C21H21N5O4/c1-15-14-20(25(23-15)18-6-8-19(9-7-18)26(28)29)22-21(27)16-2-4-17(5-3-16)24-10-12-30-13-11-24/h2-9,14H,10-13H2,1H3,(H,22,27). The number of morpholine rings is 1. The average molecular weight is 407 g/mol. The molecule has 30 heavy (non-hydrogen) atoms. The van der Waals surface area contributed by atoms with Crippen molar-refractivity contribution in [3.8, 4) is 5.69 Å². The monoisotopic (exact) mass is 407 g/mol. The number of aryl methyl sites for hydroxylation is 1. The van der Waals surface area contributed by atoms with Crippen molar-refractivity contribution in [3.05, 3.63) is 76.0 Å². The number of rotatable bonds is 5. The van der Waals surface area contributed by atoms with Crippen molar-refractivity contribution in [2.24, 2.45) is 0 Å². The van der Waals surface area contributed by atoms with Crippen molar-refractivity contribution in [3.63, 3.8) is 0 Å². The van der Waals surface area contributed by atoms with Crippen LogP contribution in [0.5, 0.6) is 0 Å². The molecule has 3 aromatic rings. The fraction of sp³-hybridized carbons (Fsp3) is 0.238. The van der Waals surface area contributed by atoms with Gasteiger partial charge in [-0.1, -0.05) is 0 Å². The Morgan fingerprint density at radius 2 is 1.70 bits per heavy atom. The van der Waals surface area contributed by atoms with Gasteiger partial charge in [0.1, 0.15) is 5.82 Å². The van der Waals surface area contributed by atoms with Gasteiger partial charge in [0.05, 0.1) is 29.5 Å².